The molecular formula is C16H17BrN2S. The highest BCUT2D eigenvalue weighted by atomic mass is 79.9. The van der Waals surface area contributed by atoms with Gasteiger partial charge in [-0.05, 0) is 66.5 Å². The van der Waals surface area contributed by atoms with Crippen LogP contribution in [0, 0.1) is 11.3 Å². The van der Waals surface area contributed by atoms with Crippen LogP contribution in [0.1, 0.15) is 37.3 Å². The highest BCUT2D eigenvalue weighted by molar-refractivity contribution is 9.11. The van der Waals surface area contributed by atoms with Gasteiger partial charge < -0.3 is 5.32 Å². The standard InChI is InChI=1S/C16H17BrN2S/c1-11(14-8-9-15(17)20-14)19-13-6-4-12(5-7-13)16(2,3)10-18/h4-9,11,19H,1-3H3. The van der Waals surface area contributed by atoms with Crippen LogP contribution >= 0.6 is 27.3 Å². The molecule has 4 heteroatoms. The Hall–Kier alpha value is -1.31. The molecule has 20 heavy (non-hydrogen) atoms. The number of thiophene rings is 1. The van der Waals surface area contributed by atoms with Crippen LogP contribution in [0.25, 0.3) is 0 Å². The summed E-state index contributed by atoms with van der Waals surface area (Å²) in [5.41, 5.74) is 1.67. The van der Waals surface area contributed by atoms with E-state index in [1.807, 2.05) is 38.1 Å². The van der Waals surface area contributed by atoms with Gasteiger partial charge in [0.2, 0.25) is 0 Å². The first-order valence-corrected chi connectivity index (χ1v) is 8.07. The second-order valence-electron chi connectivity index (χ2n) is 5.32. The summed E-state index contributed by atoms with van der Waals surface area (Å²) in [6, 6.07) is 14.9. The maximum Gasteiger partial charge on any atom is 0.0766 e. The smallest absolute Gasteiger partial charge is 0.0766 e. The molecular weight excluding hydrogens is 332 g/mol. The molecule has 1 atom stereocenters. The number of benzene rings is 1. The summed E-state index contributed by atoms with van der Waals surface area (Å²) in [5, 5.41) is 12.6. The van der Waals surface area contributed by atoms with E-state index in [1.54, 1.807) is 11.3 Å². The molecule has 0 radical (unpaired) electrons. The van der Waals surface area contributed by atoms with E-state index >= 15 is 0 Å². The van der Waals surface area contributed by atoms with Crippen molar-refractivity contribution in [2.24, 2.45) is 0 Å². The van der Waals surface area contributed by atoms with Gasteiger partial charge in [0.15, 0.2) is 0 Å². The SMILES string of the molecule is CC(Nc1ccc(C(C)(C)C#N)cc1)c1ccc(Br)s1. The number of nitrogens with zero attached hydrogens (tertiary/aromatic N) is 1. The van der Waals surface area contributed by atoms with Crippen molar-refractivity contribution in [1.29, 1.82) is 5.26 Å². The van der Waals surface area contributed by atoms with Gasteiger partial charge in [0.25, 0.3) is 0 Å². The number of rotatable bonds is 4. The molecule has 0 aliphatic heterocycles. The lowest BCUT2D eigenvalue weighted by molar-refractivity contribution is 0.687. The third kappa shape index (κ3) is 3.41. The number of halogens is 1. The zero-order valence-corrected chi connectivity index (χ0v) is 14.2. The van der Waals surface area contributed by atoms with E-state index in [-0.39, 0.29) is 6.04 Å². The second kappa shape index (κ2) is 5.99. The van der Waals surface area contributed by atoms with Crippen LogP contribution in [-0.4, -0.2) is 0 Å². The molecule has 2 aromatic rings. The minimum Gasteiger partial charge on any atom is -0.378 e. The van der Waals surface area contributed by atoms with Gasteiger partial charge >= 0.3 is 0 Å². The van der Waals surface area contributed by atoms with Crippen molar-refractivity contribution in [3.63, 3.8) is 0 Å². The van der Waals surface area contributed by atoms with E-state index < -0.39 is 5.41 Å². The Kier molecular flexibility index (Phi) is 4.52. The predicted octanol–water partition coefficient (Wildman–Crippen LogP) is 5.48. The molecule has 2 rings (SSSR count). The third-order valence-electron chi connectivity index (χ3n) is 3.29. The first-order chi connectivity index (χ1) is 9.42. The molecule has 104 valence electrons. The summed E-state index contributed by atoms with van der Waals surface area (Å²) in [6.45, 7) is 6.01. The van der Waals surface area contributed by atoms with Crippen molar-refractivity contribution in [3.8, 4) is 6.07 Å². The van der Waals surface area contributed by atoms with Crippen LogP contribution in [0.2, 0.25) is 0 Å². The molecule has 0 bridgehead atoms. The predicted molar refractivity (Wildman–Crippen MR) is 89.1 cm³/mol. The molecule has 2 nitrogen and oxygen atoms in total. The fourth-order valence-electron chi connectivity index (χ4n) is 1.93. The van der Waals surface area contributed by atoms with Crippen LogP contribution in [0.4, 0.5) is 5.69 Å². The minimum atomic E-state index is -0.442. The lowest BCUT2D eigenvalue weighted by atomic mass is 9.86. The van der Waals surface area contributed by atoms with E-state index in [1.165, 1.54) is 4.88 Å². The normalized spacial score (nSPS) is 12.8. The maximum absolute atomic E-state index is 9.14. The van der Waals surface area contributed by atoms with Crippen LogP contribution in [0.5, 0.6) is 0 Å². The van der Waals surface area contributed by atoms with Gasteiger partial charge in [-0.1, -0.05) is 12.1 Å². The topological polar surface area (TPSA) is 35.8 Å². The second-order valence-corrected chi connectivity index (χ2v) is 7.82. The fourth-order valence-corrected chi connectivity index (χ4v) is 3.36. The highest BCUT2D eigenvalue weighted by Gasteiger charge is 2.19. The summed E-state index contributed by atoms with van der Waals surface area (Å²) in [6.07, 6.45) is 0. The molecule has 0 saturated carbocycles. The van der Waals surface area contributed by atoms with Crippen molar-refractivity contribution in [2.45, 2.75) is 32.2 Å². The Balaban J connectivity index is 2.10. The summed E-state index contributed by atoms with van der Waals surface area (Å²) >= 11 is 5.22. The van der Waals surface area contributed by atoms with Gasteiger partial charge in [0, 0.05) is 10.6 Å². The minimum absolute atomic E-state index is 0.265. The zero-order chi connectivity index (χ0) is 14.8. The Morgan fingerprint density at radius 3 is 2.35 bits per heavy atom. The fraction of sp³-hybridized carbons (Fsp3) is 0.312. The van der Waals surface area contributed by atoms with E-state index in [2.05, 4.69) is 46.4 Å². The molecule has 1 aromatic carbocycles. The van der Waals surface area contributed by atoms with E-state index in [4.69, 9.17) is 5.26 Å². The lowest BCUT2D eigenvalue weighted by Crippen LogP contribution is -2.13. The summed E-state index contributed by atoms with van der Waals surface area (Å²) in [5.74, 6) is 0. The van der Waals surface area contributed by atoms with Crippen molar-refractivity contribution in [1.82, 2.24) is 0 Å². The first-order valence-electron chi connectivity index (χ1n) is 6.46. The molecule has 1 unspecified atom stereocenters. The number of anilines is 1. The van der Waals surface area contributed by atoms with Gasteiger partial charge in [-0.25, -0.2) is 0 Å². The van der Waals surface area contributed by atoms with Gasteiger partial charge in [0.05, 0.1) is 21.3 Å². The number of nitrogens with one attached hydrogen (secondary N) is 1. The zero-order valence-electron chi connectivity index (χ0n) is 11.8. The van der Waals surface area contributed by atoms with Crippen molar-refractivity contribution < 1.29 is 0 Å². The molecule has 1 heterocycles. The molecule has 1 N–H and O–H groups in total. The molecule has 1 aromatic heterocycles. The molecule has 0 saturated heterocycles. The average Bonchev–Trinajstić information content (AvgIpc) is 2.86. The van der Waals surface area contributed by atoms with Crippen LogP contribution < -0.4 is 5.32 Å². The summed E-state index contributed by atoms with van der Waals surface area (Å²) < 4.78 is 1.15. The molecule has 0 aliphatic carbocycles. The Morgan fingerprint density at radius 2 is 1.85 bits per heavy atom. The molecule has 0 amide bonds. The quantitative estimate of drug-likeness (QED) is 0.793. The van der Waals surface area contributed by atoms with E-state index in [0.717, 1.165) is 15.0 Å². The monoisotopic (exact) mass is 348 g/mol. The number of hydrogen-bond donors (Lipinski definition) is 1. The number of nitriles is 1. The average molecular weight is 349 g/mol. The van der Waals surface area contributed by atoms with E-state index in [0.29, 0.717) is 0 Å². The van der Waals surface area contributed by atoms with Crippen LogP contribution in [0.15, 0.2) is 40.2 Å². The molecule has 0 spiro atoms. The number of hydrogen-bond acceptors (Lipinski definition) is 3. The summed E-state index contributed by atoms with van der Waals surface area (Å²) in [7, 11) is 0. The van der Waals surface area contributed by atoms with Crippen molar-refractivity contribution in [2.75, 3.05) is 5.32 Å². The lowest BCUT2D eigenvalue weighted by Gasteiger charge is -2.18. The van der Waals surface area contributed by atoms with Crippen LogP contribution in [0.3, 0.4) is 0 Å². The maximum atomic E-state index is 9.14. The Bertz CT molecular complexity index is 623. The summed E-state index contributed by atoms with van der Waals surface area (Å²) in [4.78, 5) is 1.29. The Morgan fingerprint density at radius 1 is 1.20 bits per heavy atom. The van der Waals surface area contributed by atoms with E-state index in [9.17, 15) is 0 Å². The van der Waals surface area contributed by atoms with Gasteiger partial charge in [-0.3, -0.25) is 0 Å². The van der Waals surface area contributed by atoms with Crippen LogP contribution in [-0.2, 0) is 5.41 Å². The van der Waals surface area contributed by atoms with Gasteiger partial charge in [0.1, 0.15) is 0 Å². The van der Waals surface area contributed by atoms with Gasteiger partial charge in [-0.2, -0.15) is 5.26 Å². The van der Waals surface area contributed by atoms with Crippen molar-refractivity contribution in [3.05, 3.63) is 50.6 Å². The highest BCUT2D eigenvalue weighted by Crippen LogP contribution is 2.30. The molecule has 0 aliphatic rings. The Labute approximate surface area is 132 Å². The van der Waals surface area contributed by atoms with Gasteiger partial charge in [-0.15, -0.1) is 11.3 Å². The largest absolute Gasteiger partial charge is 0.378 e. The molecule has 0 fully saturated rings. The first kappa shape index (κ1) is 15.1. The van der Waals surface area contributed by atoms with Crippen molar-refractivity contribution >= 4 is 33.0 Å². The third-order valence-corrected chi connectivity index (χ3v) is 5.10.